The Kier molecular flexibility index (Phi) is 9.03. The summed E-state index contributed by atoms with van der Waals surface area (Å²) in [5.41, 5.74) is 3.05. The zero-order valence-corrected chi connectivity index (χ0v) is 23.7. The molecule has 0 radical (unpaired) electrons. The fourth-order valence-corrected chi connectivity index (χ4v) is 5.33. The third-order valence-electron chi connectivity index (χ3n) is 6.52. The minimum Gasteiger partial charge on any atom is -0.387 e. The first kappa shape index (κ1) is 29.0. The number of aromatic nitrogens is 2. The van der Waals surface area contributed by atoms with Crippen LogP contribution in [0.15, 0.2) is 96.3 Å². The number of carbonyl (C=O) groups excluding carboxylic acids is 1. The summed E-state index contributed by atoms with van der Waals surface area (Å²) in [6.45, 7) is 6.54. The number of aryl methyl sites for hydroxylation is 1. The van der Waals surface area contributed by atoms with E-state index in [-0.39, 0.29) is 22.9 Å². The highest BCUT2D eigenvalue weighted by Gasteiger charge is 2.22. The van der Waals surface area contributed by atoms with Crippen molar-refractivity contribution in [3.05, 3.63) is 97.0 Å². The maximum absolute atomic E-state index is 12.8. The molecule has 4 rings (SSSR count). The summed E-state index contributed by atoms with van der Waals surface area (Å²) in [5.74, 6) is -0.113. The fraction of sp³-hybridized carbons (Fsp3) is 0.267. The Balaban J connectivity index is 1.33. The Morgan fingerprint density at radius 3 is 2.38 bits per heavy atom. The highest BCUT2D eigenvalue weighted by Crippen LogP contribution is 2.26. The number of imidazole rings is 1. The molecule has 0 saturated heterocycles. The lowest BCUT2D eigenvalue weighted by molar-refractivity contribution is -0.114. The van der Waals surface area contributed by atoms with Crippen LogP contribution in [0.4, 0.5) is 11.4 Å². The van der Waals surface area contributed by atoms with E-state index in [9.17, 15) is 18.3 Å². The Labute approximate surface area is 235 Å². The lowest BCUT2D eigenvalue weighted by atomic mass is 9.99. The summed E-state index contributed by atoms with van der Waals surface area (Å²) in [6.07, 6.45) is 3.61. The molecule has 1 atom stereocenters. The van der Waals surface area contributed by atoms with Crippen LogP contribution in [-0.4, -0.2) is 41.1 Å². The molecule has 1 heterocycles. The summed E-state index contributed by atoms with van der Waals surface area (Å²) in [6, 6.07) is 22.5. The lowest BCUT2D eigenvalue weighted by Gasteiger charge is -2.28. The molecule has 0 spiro atoms. The Bertz CT molecular complexity index is 1530. The van der Waals surface area contributed by atoms with E-state index in [1.807, 2.05) is 35.0 Å². The van der Waals surface area contributed by atoms with E-state index >= 15 is 0 Å². The molecule has 10 heteroatoms. The number of amides is 1. The van der Waals surface area contributed by atoms with Crippen LogP contribution >= 0.6 is 0 Å². The zero-order valence-electron chi connectivity index (χ0n) is 22.8. The lowest BCUT2D eigenvalue weighted by Crippen LogP contribution is -2.42. The molecule has 40 heavy (non-hydrogen) atoms. The second-order valence-electron chi connectivity index (χ2n) is 10.3. The third kappa shape index (κ3) is 7.78. The topological polar surface area (TPSA) is 125 Å². The first-order valence-corrected chi connectivity index (χ1v) is 14.5. The summed E-state index contributed by atoms with van der Waals surface area (Å²) < 4.78 is 30.3. The number of nitrogens with zero attached hydrogens (tertiary/aromatic N) is 2. The molecule has 0 saturated carbocycles. The predicted octanol–water partition coefficient (Wildman–Crippen LogP) is 4.80. The minimum absolute atomic E-state index is 0.113. The number of sulfonamides is 1. The molecular weight excluding hydrogens is 526 g/mol. The van der Waals surface area contributed by atoms with Gasteiger partial charge in [0, 0.05) is 48.6 Å². The molecule has 1 amide bonds. The zero-order chi connectivity index (χ0) is 28.8. The van der Waals surface area contributed by atoms with Crippen molar-refractivity contribution < 1.29 is 18.3 Å². The second kappa shape index (κ2) is 12.5. The fourth-order valence-electron chi connectivity index (χ4n) is 4.22. The third-order valence-corrected chi connectivity index (χ3v) is 7.90. The summed E-state index contributed by atoms with van der Waals surface area (Å²) in [5, 5.41) is 17.1. The van der Waals surface area contributed by atoms with Gasteiger partial charge in [-0.3, -0.25) is 9.52 Å². The molecule has 0 aliphatic carbocycles. The van der Waals surface area contributed by atoms with Crippen LogP contribution in [0, 0.1) is 0 Å². The first-order chi connectivity index (χ1) is 19.0. The maximum Gasteiger partial charge on any atom is 0.261 e. The van der Waals surface area contributed by atoms with Crippen molar-refractivity contribution in [3.63, 3.8) is 0 Å². The van der Waals surface area contributed by atoms with Gasteiger partial charge in [-0.15, -0.1) is 0 Å². The largest absolute Gasteiger partial charge is 0.387 e. The quantitative estimate of drug-likeness (QED) is 0.197. The summed E-state index contributed by atoms with van der Waals surface area (Å²) >= 11 is 0. The van der Waals surface area contributed by atoms with Crippen LogP contribution in [-0.2, 0) is 21.4 Å². The second-order valence-corrected chi connectivity index (χ2v) is 12.0. The van der Waals surface area contributed by atoms with Crippen molar-refractivity contribution in [2.45, 2.75) is 50.3 Å². The monoisotopic (exact) mass is 561 g/mol. The van der Waals surface area contributed by atoms with Crippen molar-refractivity contribution >= 4 is 27.3 Å². The minimum atomic E-state index is -3.78. The van der Waals surface area contributed by atoms with Gasteiger partial charge in [0.15, 0.2) is 0 Å². The molecule has 1 unspecified atom stereocenters. The molecule has 9 nitrogen and oxygen atoms in total. The van der Waals surface area contributed by atoms with Crippen molar-refractivity contribution in [2.75, 3.05) is 16.6 Å². The van der Waals surface area contributed by atoms with Gasteiger partial charge in [0.25, 0.3) is 10.0 Å². The van der Waals surface area contributed by atoms with Crippen molar-refractivity contribution in [3.8, 4) is 11.3 Å². The molecule has 0 bridgehead atoms. The standard InChI is InChI=1S/C30H35N5O4S/c1-22(36)33-24-15-13-23(14-16-24)28-20-35(21-31-28)18-17-30(2,3)32-19-29(37)26-11-7-8-12-27(26)34-40(38,39)25-9-5-4-6-10-25/h4-16,20-21,29,32,34,37H,17-19H2,1-3H3,(H,33,36). The van der Waals surface area contributed by atoms with Gasteiger partial charge < -0.3 is 20.3 Å². The van der Waals surface area contributed by atoms with Gasteiger partial charge >= 0.3 is 0 Å². The Morgan fingerprint density at radius 1 is 1.00 bits per heavy atom. The molecular formula is C30H35N5O4S. The number of aliphatic hydroxyl groups is 1. The van der Waals surface area contributed by atoms with Crippen LogP contribution in [0.2, 0.25) is 0 Å². The molecule has 4 N–H and O–H groups in total. The predicted molar refractivity (Wildman–Crippen MR) is 157 cm³/mol. The number of hydrogen-bond acceptors (Lipinski definition) is 6. The van der Waals surface area contributed by atoms with E-state index in [0.29, 0.717) is 17.8 Å². The molecule has 0 aliphatic heterocycles. The maximum atomic E-state index is 12.8. The van der Waals surface area contributed by atoms with E-state index in [4.69, 9.17) is 0 Å². The van der Waals surface area contributed by atoms with E-state index < -0.39 is 16.1 Å². The van der Waals surface area contributed by atoms with Gasteiger partial charge in [0.1, 0.15) is 0 Å². The number of anilines is 2. The van der Waals surface area contributed by atoms with Gasteiger partial charge in [-0.05, 0) is 50.6 Å². The molecule has 210 valence electrons. The Morgan fingerprint density at radius 2 is 1.68 bits per heavy atom. The number of aliphatic hydroxyl groups excluding tert-OH is 1. The smallest absolute Gasteiger partial charge is 0.261 e. The average molecular weight is 562 g/mol. The molecule has 0 aliphatic rings. The van der Waals surface area contributed by atoms with Gasteiger partial charge in [-0.1, -0.05) is 48.5 Å². The van der Waals surface area contributed by atoms with Crippen LogP contribution in [0.1, 0.15) is 38.9 Å². The van der Waals surface area contributed by atoms with E-state index in [0.717, 1.165) is 23.4 Å². The van der Waals surface area contributed by atoms with Crippen LogP contribution in [0.3, 0.4) is 0 Å². The van der Waals surface area contributed by atoms with Crippen LogP contribution < -0.4 is 15.4 Å². The van der Waals surface area contributed by atoms with Crippen molar-refractivity contribution in [1.82, 2.24) is 14.9 Å². The summed E-state index contributed by atoms with van der Waals surface area (Å²) in [4.78, 5) is 15.9. The number of hydrogen-bond donors (Lipinski definition) is 4. The number of para-hydroxylation sites is 1. The van der Waals surface area contributed by atoms with E-state index in [1.54, 1.807) is 48.8 Å². The van der Waals surface area contributed by atoms with E-state index in [1.165, 1.54) is 19.1 Å². The van der Waals surface area contributed by atoms with Gasteiger partial charge in [0.05, 0.1) is 28.7 Å². The normalized spacial score (nSPS) is 12.6. The van der Waals surface area contributed by atoms with Crippen molar-refractivity contribution in [1.29, 1.82) is 0 Å². The Hall–Kier alpha value is -3.99. The average Bonchev–Trinajstić information content (AvgIpc) is 3.41. The number of benzene rings is 3. The first-order valence-electron chi connectivity index (χ1n) is 13.0. The molecule has 1 aromatic heterocycles. The number of β-amino-alcohol motifs (C(OH)–C–C–N with tert-alkyl or cyclic N) is 1. The number of carbonyl (C=O) groups is 1. The van der Waals surface area contributed by atoms with E-state index in [2.05, 4.69) is 34.2 Å². The van der Waals surface area contributed by atoms with Gasteiger partial charge in [-0.25, -0.2) is 13.4 Å². The van der Waals surface area contributed by atoms with Crippen LogP contribution in [0.5, 0.6) is 0 Å². The van der Waals surface area contributed by atoms with Gasteiger partial charge in [-0.2, -0.15) is 0 Å². The van der Waals surface area contributed by atoms with Gasteiger partial charge in [0.2, 0.25) is 5.91 Å². The summed E-state index contributed by atoms with van der Waals surface area (Å²) in [7, 11) is -3.78. The number of rotatable bonds is 12. The SMILES string of the molecule is CC(=O)Nc1ccc(-c2cn(CCC(C)(C)NCC(O)c3ccccc3NS(=O)(=O)c3ccccc3)cn2)cc1. The number of nitrogens with one attached hydrogen (secondary N) is 3. The molecule has 0 fully saturated rings. The highest BCUT2D eigenvalue weighted by molar-refractivity contribution is 7.92. The highest BCUT2D eigenvalue weighted by atomic mass is 32.2. The molecule has 4 aromatic rings. The molecule has 3 aromatic carbocycles. The van der Waals surface area contributed by atoms with Crippen LogP contribution in [0.25, 0.3) is 11.3 Å². The van der Waals surface area contributed by atoms with Crippen molar-refractivity contribution in [2.24, 2.45) is 0 Å².